The SMILES string of the molecule is O=c1cc(NNc2ccc3ccccc3c2)[nH]c(=S)[nH]1. The maximum Gasteiger partial charge on any atom is 0.253 e. The molecule has 0 aliphatic carbocycles. The second kappa shape index (κ2) is 5.18. The van der Waals surface area contributed by atoms with Crippen LogP contribution in [-0.2, 0) is 0 Å². The van der Waals surface area contributed by atoms with Crippen LogP contribution in [0.2, 0.25) is 0 Å². The van der Waals surface area contributed by atoms with E-state index in [-0.39, 0.29) is 10.3 Å². The van der Waals surface area contributed by atoms with Crippen LogP contribution in [-0.4, -0.2) is 9.97 Å². The van der Waals surface area contributed by atoms with E-state index in [4.69, 9.17) is 12.2 Å². The quantitative estimate of drug-likeness (QED) is 0.440. The van der Waals surface area contributed by atoms with E-state index in [9.17, 15) is 4.79 Å². The Hall–Kier alpha value is -2.60. The molecule has 2 aromatic carbocycles. The zero-order valence-electron chi connectivity index (χ0n) is 10.4. The summed E-state index contributed by atoms with van der Waals surface area (Å²) in [6, 6.07) is 15.5. The summed E-state index contributed by atoms with van der Waals surface area (Å²) in [5.41, 5.74) is 6.58. The van der Waals surface area contributed by atoms with E-state index >= 15 is 0 Å². The van der Waals surface area contributed by atoms with Gasteiger partial charge in [0.05, 0.1) is 5.69 Å². The summed E-state index contributed by atoms with van der Waals surface area (Å²) in [7, 11) is 0. The zero-order valence-corrected chi connectivity index (χ0v) is 11.3. The largest absolute Gasteiger partial charge is 0.317 e. The van der Waals surface area contributed by atoms with Crippen LogP contribution in [0.15, 0.2) is 53.3 Å². The van der Waals surface area contributed by atoms with Gasteiger partial charge in [0.25, 0.3) is 5.56 Å². The zero-order chi connectivity index (χ0) is 13.9. The van der Waals surface area contributed by atoms with E-state index in [1.807, 2.05) is 36.4 Å². The van der Waals surface area contributed by atoms with Crippen molar-refractivity contribution in [2.75, 3.05) is 10.9 Å². The molecule has 4 N–H and O–H groups in total. The van der Waals surface area contributed by atoms with E-state index in [1.54, 1.807) is 0 Å². The van der Waals surface area contributed by atoms with Gasteiger partial charge in [0.1, 0.15) is 5.82 Å². The third-order valence-electron chi connectivity index (χ3n) is 2.85. The molecular weight excluding hydrogens is 272 g/mol. The predicted molar refractivity (Wildman–Crippen MR) is 83.4 cm³/mol. The number of aromatic nitrogens is 2. The summed E-state index contributed by atoms with van der Waals surface area (Å²) in [4.78, 5) is 16.6. The normalized spacial score (nSPS) is 10.4. The number of aromatic amines is 2. The highest BCUT2D eigenvalue weighted by Gasteiger charge is 1.97. The Labute approximate surface area is 119 Å². The van der Waals surface area contributed by atoms with E-state index in [2.05, 4.69) is 26.9 Å². The number of nitrogens with one attached hydrogen (secondary N) is 4. The molecule has 0 aliphatic heterocycles. The molecule has 0 atom stereocenters. The predicted octanol–water partition coefficient (Wildman–Crippen LogP) is 3.02. The molecule has 0 unspecified atom stereocenters. The third kappa shape index (κ3) is 2.70. The lowest BCUT2D eigenvalue weighted by Gasteiger charge is -2.10. The van der Waals surface area contributed by atoms with E-state index in [1.165, 1.54) is 11.5 Å². The topological polar surface area (TPSA) is 72.7 Å². The van der Waals surface area contributed by atoms with Crippen LogP contribution in [0.25, 0.3) is 10.8 Å². The molecule has 0 saturated carbocycles. The third-order valence-corrected chi connectivity index (χ3v) is 3.06. The van der Waals surface area contributed by atoms with Crippen molar-refractivity contribution in [1.29, 1.82) is 0 Å². The molecule has 0 amide bonds. The van der Waals surface area contributed by atoms with Gasteiger partial charge in [-0.1, -0.05) is 30.3 Å². The number of hydrogen-bond donors (Lipinski definition) is 4. The van der Waals surface area contributed by atoms with E-state index < -0.39 is 0 Å². The summed E-state index contributed by atoms with van der Waals surface area (Å²) in [5, 5.41) is 2.31. The lowest BCUT2D eigenvalue weighted by atomic mass is 10.1. The molecule has 20 heavy (non-hydrogen) atoms. The summed E-state index contributed by atoms with van der Waals surface area (Å²) < 4.78 is 0.278. The minimum atomic E-state index is -0.253. The van der Waals surface area contributed by atoms with Crippen LogP contribution in [0.5, 0.6) is 0 Å². The molecule has 100 valence electrons. The molecule has 1 heterocycles. The smallest absolute Gasteiger partial charge is 0.253 e. The van der Waals surface area contributed by atoms with Crippen LogP contribution >= 0.6 is 12.2 Å². The monoisotopic (exact) mass is 284 g/mol. The Morgan fingerprint density at radius 2 is 1.70 bits per heavy atom. The molecule has 0 fully saturated rings. The first-order chi connectivity index (χ1) is 9.70. The van der Waals surface area contributed by atoms with Gasteiger partial charge in [-0.15, -0.1) is 0 Å². The Bertz CT molecular complexity index is 840. The van der Waals surface area contributed by atoms with Gasteiger partial charge < -0.3 is 4.98 Å². The summed E-state index contributed by atoms with van der Waals surface area (Å²) in [5.74, 6) is 0.506. The summed E-state index contributed by atoms with van der Waals surface area (Å²) >= 11 is 4.90. The van der Waals surface area contributed by atoms with Gasteiger partial charge in [-0.05, 0) is 35.1 Å². The Morgan fingerprint density at radius 1 is 0.900 bits per heavy atom. The van der Waals surface area contributed by atoms with Gasteiger partial charge in [-0.3, -0.25) is 20.6 Å². The first-order valence-corrected chi connectivity index (χ1v) is 6.46. The van der Waals surface area contributed by atoms with Crippen molar-refractivity contribution < 1.29 is 0 Å². The second-order valence-corrected chi connectivity index (χ2v) is 4.72. The number of rotatable bonds is 3. The maximum atomic E-state index is 11.3. The van der Waals surface area contributed by atoms with Crippen molar-refractivity contribution >= 4 is 34.5 Å². The molecule has 0 aliphatic rings. The van der Waals surface area contributed by atoms with Crippen LogP contribution in [0.1, 0.15) is 0 Å². The second-order valence-electron chi connectivity index (χ2n) is 4.31. The Kier molecular flexibility index (Phi) is 3.22. The van der Waals surface area contributed by atoms with Crippen molar-refractivity contribution in [3.63, 3.8) is 0 Å². The Morgan fingerprint density at radius 3 is 2.50 bits per heavy atom. The highest BCUT2D eigenvalue weighted by molar-refractivity contribution is 7.71. The molecule has 0 spiro atoms. The van der Waals surface area contributed by atoms with Crippen molar-refractivity contribution in [3.05, 3.63) is 63.7 Å². The first-order valence-electron chi connectivity index (χ1n) is 6.05. The molecule has 0 radical (unpaired) electrons. The molecule has 3 rings (SSSR count). The highest BCUT2D eigenvalue weighted by atomic mass is 32.1. The van der Waals surface area contributed by atoms with Crippen molar-refractivity contribution in [1.82, 2.24) is 9.97 Å². The number of hydrogen-bond acceptors (Lipinski definition) is 4. The van der Waals surface area contributed by atoms with Crippen LogP contribution in [0, 0.1) is 4.77 Å². The number of benzene rings is 2. The molecule has 5 nitrogen and oxygen atoms in total. The first kappa shape index (κ1) is 12.4. The number of anilines is 2. The van der Waals surface area contributed by atoms with Crippen molar-refractivity contribution in [3.8, 4) is 0 Å². The minimum Gasteiger partial charge on any atom is -0.317 e. The fourth-order valence-corrected chi connectivity index (χ4v) is 2.15. The molecular formula is C14H12N4OS. The van der Waals surface area contributed by atoms with Crippen LogP contribution in [0.4, 0.5) is 11.5 Å². The molecule has 6 heteroatoms. The summed E-state index contributed by atoms with van der Waals surface area (Å²) in [6.07, 6.45) is 0. The van der Waals surface area contributed by atoms with Crippen molar-refractivity contribution in [2.24, 2.45) is 0 Å². The number of hydrazine groups is 1. The van der Waals surface area contributed by atoms with Gasteiger partial charge in [0.15, 0.2) is 4.77 Å². The molecule has 1 aromatic heterocycles. The average molecular weight is 284 g/mol. The standard InChI is InChI=1S/C14H12N4OS/c19-13-8-12(15-14(20)16-13)18-17-11-6-5-9-3-1-2-4-10(9)7-11/h1-8,17H,(H3,15,16,18,19,20). The van der Waals surface area contributed by atoms with E-state index in [0.29, 0.717) is 5.82 Å². The van der Waals surface area contributed by atoms with Gasteiger partial charge in [-0.2, -0.15) is 0 Å². The average Bonchev–Trinajstić information content (AvgIpc) is 2.44. The van der Waals surface area contributed by atoms with Crippen LogP contribution in [0.3, 0.4) is 0 Å². The lowest BCUT2D eigenvalue weighted by molar-refractivity contribution is 1.08. The number of fused-ring (bicyclic) bond motifs is 1. The van der Waals surface area contributed by atoms with Gasteiger partial charge in [0.2, 0.25) is 0 Å². The maximum absolute atomic E-state index is 11.3. The highest BCUT2D eigenvalue weighted by Crippen LogP contribution is 2.18. The molecule has 0 saturated heterocycles. The van der Waals surface area contributed by atoms with Gasteiger partial charge >= 0.3 is 0 Å². The fraction of sp³-hybridized carbons (Fsp3) is 0. The van der Waals surface area contributed by atoms with E-state index in [0.717, 1.165) is 11.1 Å². The number of H-pyrrole nitrogens is 2. The molecule has 0 bridgehead atoms. The Balaban J connectivity index is 1.82. The van der Waals surface area contributed by atoms with Crippen LogP contribution < -0.4 is 16.4 Å². The van der Waals surface area contributed by atoms with Gasteiger partial charge in [-0.25, -0.2) is 0 Å². The molecule has 3 aromatic rings. The minimum absolute atomic E-state index is 0.253. The summed E-state index contributed by atoms with van der Waals surface area (Å²) in [6.45, 7) is 0. The lowest BCUT2D eigenvalue weighted by Crippen LogP contribution is -2.14. The fourth-order valence-electron chi connectivity index (χ4n) is 1.94. The van der Waals surface area contributed by atoms with Gasteiger partial charge in [0, 0.05) is 6.07 Å². The van der Waals surface area contributed by atoms with Crippen molar-refractivity contribution in [2.45, 2.75) is 0 Å².